The lowest BCUT2D eigenvalue weighted by molar-refractivity contribution is -0.190. The summed E-state index contributed by atoms with van der Waals surface area (Å²) >= 11 is 0. The summed E-state index contributed by atoms with van der Waals surface area (Å²) in [4.78, 5) is 12.6. The van der Waals surface area contributed by atoms with Crippen molar-refractivity contribution in [2.45, 2.75) is 59.7 Å². The summed E-state index contributed by atoms with van der Waals surface area (Å²) in [6.45, 7) is 12.8. The first-order valence-electron chi connectivity index (χ1n) is 7.44. The molecule has 1 aromatic carbocycles. The Balaban J connectivity index is 3.30. The molecular weight excluding hydrogens is 264 g/mol. The number of ether oxygens (including phenoxy) is 1. The molecule has 0 spiro atoms. The van der Waals surface area contributed by atoms with Gasteiger partial charge in [-0.3, -0.25) is 4.79 Å². The van der Waals surface area contributed by atoms with Crippen LogP contribution in [0.4, 0.5) is 0 Å². The minimum Gasteiger partial charge on any atom is -0.459 e. The van der Waals surface area contributed by atoms with E-state index in [1.807, 2.05) is 65.0 Å². The van der Waals surface area contributed by atoms with Gasteiger partial charge in [0.1, 0.15) is 11.2 Å². The molecule has 0 amide bonds. The van der Waals surface area contributed by atoms with E-state index in [-0.39, 0.29) is 5.92 Å². The van der Waals surface area contributed by atoms with E-state index in [1.165, 1.54) is 0 Å². The van der Waals surface area contributed by atoms with Crippen molar-refractivity contribution in [3.05, 3.63) is 35.9 Å². The molecule has 1 aromatic rings. The molecule has 1 N–H and O–H groups in total. The molecule has 1 rings (SSSR count). The summed E-state index contributed by atoms with van der Waals surface area (Å²) in [7, 11) is 0. The summed E-state index contributed by atoms with van der Waals surface area (Å²) in [6.07, 6.45) is 0. The molecule has 0 fully saturated rings. The highest BCUT2D eigenvalue weighted by Crippen LogP contribution is 2.46. The zero-order valence-electron chi connectivity index (χ0n) is 14.2. The SMILES string of the molecule is CC(C)C(O)(c1ccccc1)C(C)(C)C(=O)OC(C)(C)C. The topological polar surface area (TPSA) is 46.5 Å². The third-order valence-corrected chi connectivity index (χ3v) is 3.91. The second-order valence-electron chi connectivity index (χ2n) is 7.41. The van der Waals surface area contributed by atoms with Crippen molar-refractivity contribution in [1.82, 2.24) is 0 Å². The van der Waals surface area contributed by atoms with Gasteiger partial charge in [0.25, 0.3) is 0 Å². The van der Waals surface area contributed by atoms with Crippen LogP contribution in [0.2, 0.25) is 0 Å². The monoisotopic (exact) mass is 292 g/mol. The standard InChI is InChI=1S/C18H28O3/c1-13(2)18(20,14-11-9-8-10-12-14)17(6,7)15(19)21-16(3,4)5/h8-13,20H,1-7H3. The Labute approximate surface area is 128 Å². The Morgan fingerprint density at radius 2 is 1.52 bits per heavy atom. The van der Waals surface area contributed by atoms with Crippen LogP contribution >= 0.6 is 0 Å². The van der Waals surface area contributed by atoms with Crippen LogP contribution in [0, 0.1) is 11.3 Å². The van der Waals surface area contributed by atoms with Crippen LogP contribution in [-0.2, 0) is 15.1 Å². The van der Waals surface area contributed by atoms with Gasteiger partial charge in [0.15, 0.2) is 0 Å². The molecule has 0 saturated heterocycles. The molecule has 0 radical (unpaired) electrons. The van der Waals surface area contributed by atoms with Crippen LogP contribution in [0.3, 0.4) is 0 Å². The van der Waals surface area contributed by atoms with Gasteiger partial charge in [-0.05, 0) is 46.1 Å². The maximum absolute atomic E-state index is 12.6. The number of benzene rings is 1. The second kappa shape index (κ2) is 5.80. The summed E-state index contributed by atoms with van der Waals surface area (Å²) in [5.41, 5.74) is -2.20. The van der Waals surface area contributed by atoms with Gasteiger partial charge in [-0.25, -0.2) is 0 Å². The molecule has 3 nitrogen and oxygen atoms in total. The highest BCUT2D eigenvalue weighted by atomic mass is 16.6. The number of rotatable bonds is 4. The first kappa shape index (κ1) is 17.7. The molecule has 0 aromatic heterocycles. The number of esters is 1. The number of hydrogen-bond acceptors (Lipinski definition) is 3. The molecule has 118 valence electrons. The van der Waals surface area contributed by atoms with Gasteiger partial charge in [-0.2, -0.15) is 0 Å². The lowest BCUT2D eigenvalue weighted by Gasteiger charge is -2.45. The minimum absolute atomic E-state index is 0.137. The lowest BCUT2D eigenvalue weighted by Crippen LogP contribution is -2.52. The van der Waals surface area contributed by atoms with Crippen molar-refractivity contribution < 1.29 is 14.6 Å². The molecule has 3 heteroatoms. The van der Waals surface area contributed by atoms with Crippen molar-refractivity contribution in [2.24, 2.45) is 11.3 Å². The van der Waals surface area contributed by atoms with E-state index in [0.29, 0.717) is 0 Å². The molecular formula is C18H28O3. The normalized spacial score (nSPS) is 15.7. The van der Waals surface area contributed by atoms with Crippen molar-refractivity contribution in [1.29, 1.82) is 0 Å². The highest BCUT2D eigenvalue weighted by molar-refractivity contribution is 5.78. The number of aliphatic hydroxyl groups is 1. The van der Waals surface area contributed by atoms with E-state index in [0.717, 1.165) is 5.56 Å². The Morgan fingerprint density at radius 1 is 1.05 bits per heavy atom. The van der Waals surface area contributed by atoms with Crippen LogP contribution in [0.25, 0.3) is 0 Å². The third kappa shape index (κ3) is 3.46. The van der Waals surface area contributed by atoms with Gasteiger partial charge in [-0.15, -0.1) is 0 Å². The molecule has 0 aliphatic rings. The quantitative estimate of drug-likeness (QED) is 0.856. The molecule has 0 bridgehead atoms. The van der Waals surface area contributed by atoms with Crippen LogP contribution in [0.1, 0.15) is 54.0 Å². The molecule has 0 heterocycles. The van der Waals surface area contributed by atoms with Crippen LogP contribution in [-0.4, -0.2) is 16.7 Å². The average molecular weight is 292 g/mol. The van der Waals surface area contributed by atoms with Crippen molar-refractivity contribution in [3.8, 4) is 0 Å². The van der Waals surface area contributed by atoms with Crippen LogP contribution < -0.4 is 0 Å². The summed E-state index contributed by atoms with van der Waals surface area (Å²) in [5.74, 6) is -0.530. The zero-order valence-corrected chi connectivity index (χ0v) is 14.2. The molecule has 0 saturated carbocycles. The van der Waals surface area contributed by atoms with E-state index in [1.54, 1.807) is 13.8 Å². The Kier molecular flexibility index (Phi) is 4.89. The smallest absolute Gasteiger partial charge is 0.315 e. The Morgan fingerprint density at radius 3 is 1.90 bits per heavy atom. The van der Waals surface area contributed by atoms with Gasteiger partial charge in [-0.1, -0.05) is 44.2 Å². The Bertz CT molecular complexity index is 483. The fourth-order valence-electron chi connectivity index (χ4n) is 2.67. The van der Waals surface area contributed by atoms with Crippen molar-refractivity contribution in [3.63, 3.8) is 0 Å². The summed E-state index contributed by atoms with van der Waals surface area (Å²) < 4.78 is 5.52. The predicted octanol–water partition coefficient (Wildman–Crippen LogP) is 3.90. The molecule has 0 aliphatic heterocycles. The van der Waals surface area contributed by atoms with Gasteiger partial charge < -0.3 is 9.84 Å². The maximum Gasteiger partial charge on any atom is 0.315 e. The molecule has 0 aliphatic carbocycles. The van der Waals surface area contributed by atoms with Crippen LogP contribution in [0.5, 0.6) is 0 Å². The minimum atomic E-state index is -1.30. The first-order chi connectivity index (χ1) is 9.43. The molecule has 1 atom stereocenters. The van der Waals surface area contributed by atoms with Gasteiger partial charge in [0.05, 0.1) is 5.41 Å². The molecule has 21 heavy (non-hydrogen) atoms. The Hall–Kier alpha value is -1.35. The third-order valence-electron chi connectivity index (χ3n) is 3.91. The van der Waals surface area contributed by atoms with E-state index >= 15 is 0 Å². The van der Waals surface area contributed by atoms with Crippen molar-refractivity contribution in [2.75, 3.05) is 0 Å². The van der Waals surface area contributed by atoms with Gasteiger partial charge in [0, 0.05) is 0 Å². The second-order valence-corrected chi connectivity index (χ2v) is 7.41. The lowest BCUT2D eigenvalue weighted by atomic mass is 9.65. The molecule has 1 unspecified atom stereocenters. The van der Waals surface area contributed by atoms with Crippen LogP contribution in [0.15, 0.2) is 30.3 Å². The van der Waals surface area contributed by atoms with E-state index in [9.17, 15) is 9.90 Å². The number of hydrogen-bond donors (Lipinski definition) is 1. The van der Waals surface area contributed by atoms with Crippen molar-refractivity contribution >= 4 is 5.97 Å². The fourth-order valence-corrected chi connectivity index (χ4v) is 2.67. The maximum atomic E-state index is 12.6. The van der Waals surface area contributed by atoms with Gasteiger partial charge in [0.2, 0.25) is 0 Å². The average Bonchev–Trinajstić information content (AvgIpc) is 2.36. The highest BCUT2D eigenvalue weighted by Gasteiger charge is 2.53. The van der Waals surface area contributed by atoms with E-state index < -0.39 is 22.6 Å². The largest absolute Gasteiger partial charge is 0.459 e. The van der Waals surface area contributed by atoms with E-state index in [4.69, 9.17) is 4.74 Å². The summed E-state index contributed by atoms with van der Waals surface area (Å²) in [6, 6.07) is 9.34. The number of carbonyl (C=O) groups excluding carboxylic acids is 1. The van der Waals surface area contributed by atoms with E-state index in [2.05, 4.69) is 0 Å². The fraction of sp³-hybridized carbons (Fsp3) is 0.611. The zero-order chi connectivity index (χ0) is 16.5. The van der Waals surface area contributed by atoms with Gasteiger partial charge >= 0.3 is 5.97 Å². The summed E-state index contributed by atoms with van der Waals surface area (Å²) in [5, 5.41) is 11.4. The predicted molar refractivity (Wildman–Crippen MR) is 84.8 cm³/mol. The first-order valence-corrected chi connectivity index (χ1v) is 7.44. The number of carbonyl (C=O) groups is 1.